The van der Waals surface area contributed by atoms with E-state index in [4.69, 9.17) is 4.74 Å². The lowest BCUT2D eigenvalue weighted by Crippen LogP contribution is -2.48. The highest BCUT2D eigenvalue weighted by Crippen LogP contribution is 2.12. The molecule has 1 saturated heterocycles. The first-order valence-corrected chi connectivity index (χ1v) is 9.80. The van der Waals surface area contributed by atoms with E-state index in [-0.39, 0.29) is 5.91 Å². The summed E-state index contributed by atoms with van der Waals surface area (Å²) in [6.45, 7) is 7.36. The molecule has 3 rings (SSSR count). The lowest BCUT2D eigenvalue weighted by Gasteiger charge is -2.34. The zero-order valence-corrected chi connectivity index (χ0v) is 16.7. The number of nitrogens with zero attached hydrogens (tertiary/aromatic N) is 4. The van der Waals surface area contributed by atoms with Crippen LogP contribution in [0.2, 0.25) is 0 Å². The SMILES string of the molecule is COCCCNc1nc(C)cc(C(=O)N2CCN(Cc3ccccc3)CC2)n1. The number of rotatable bonds is 8. The van der Waals surface area contributed by atoms with Crippen LogP contribution < -0.4 is 5.32 Å². The van der Waals surface area contributed by atoms with Crippen molar-refractivity contribution in [1.82, 2.24) is 19.8 Å². The third kappa shape index (κ3) is 5.74. The van der Waals surface area contributed by atoms with Crippen molar-refractivity contribution in [3.05, 3.63) is 53.3 Å². The van der Waals surface area contributed by atoms with Crippen LogP contribution in [-0.2, 0) is 11.3 Å². The van der Waals surface area contributed by atoms with Gasteiger partial charge in [-0.15, -0.1) is 0 Å². The fourth-order valence-electron chi connectivity index (χ4n) is 3.29. The lowest BCUT2D eigenvalue weighted by molar-refractivity contribution is 0.0622. The topological polar surface area (TPSA) is 70.6 Å². The van der Waals surface area contributed by atoms with Crippen LogP contribution in [0.3, 0.4) is 0 Å². The molecule has 0 saturated carbocycles. The molecule has 1 aliphatic heterocycles. The first-order valence-electron chi connectivity index (χ1n) is 9.80. The summed E-state index contributed by atoms with van der Waals surface area (Å²) in [6.07, 6.45) is 0.862. The second-order valence-electron chi connectivity index (χ2n) is 7.05. The van der Waals surface area contributed by atoms with Gasteiger partial charge in [-0.3, -0.25) is 9.69 Å². The van der Waals surface area contributed by atoms with Crippen molar-refractivity contribution in [2.75, 3.05) is 51.8 Å². The summed E-state index contributed by atoms with van der Waals surface area (Å²) in [5.74, 6) is 0.479. The number of piperazine rings is 1. The number of nitrogens with one attached hydrogen (secondary N) is 1. The van der Waals surface area contributed by atoms with Crippen LogP contribution in [0, 0.1) is 6.92 Å². The number of anilines is 1. The molecular weight excluding hydrogens is 354 g/mol. The molecule has 7 heteroatoms. The average molecular weight is 383 g/mol. The van der Waals surface area contributed by atoms with Crippen LogP contribution in [-0.4, -0.2) is 72.1 Å². The Hall–Kier alpha value is -2.51. The van der Waals surface area contributed by atoms with E-state index in [1.54, 1.807) is 13.2 Å². The maximum absolute atomic E-state index is 12.9. The predicted octanol–water partition coefficient (Wildman–Crippen LogP) is 2.19. The van der Waals surface area contributed by atoms with Crippen LogP contribution in [0.15, 0.2) is 36.4 Å². The second-order valence-corrected chi connectivity index (χ2v) is 7.05. The number of hydrogen-bond donors (Lipinski definition) is 1. The number of amides is 1. The number of carbonyl (C=O) groups excluding carboxylic acids is 1. The molecule has 1 fully saturated rings. The van der Waals surface area contributed by atoms with Crippen LogP contribution >= 0.6 is 0 Å². The van der Waals surface area contributed by atoms with E-state index >= 15 is 0 Å². The number of benzene rings is 1. The van der Waals surface area contributed by atoms with Crippen molar-refractivity contribution in [2.45, 2.75) is 19.9 Å². The molecular formula is C21H29N5O2. The molecule has 28 heavy (non-hydrogen) atoms. The zero-order valence-electron chi connectivity index (χ0n) is 16.7. The fraction of sp³-hybridized carbons (Fsp3) is 0.476. The molecule has 2 aromatic rings. The molecule has 1 aromatic heterocycles. The van der Waals surface area contributed by atoms with E-state index in [1.807, 2.05) is 17.9 Å². The quantitative estimate of drug-likeness (QED) is 0.705. The first-order chi connectivity index (χ1) is 13.7. The van der Waals surface area contributed by atoms with E-state index in [1.165, 1.54) is 5.56 Å². The van der Waals surface area contributed by atoms with Crippen molar-refractivity contribution < 1.29 is 9.53 Å². The zero-order chi connectivity index (χ0) is 19.8. The Kier molecular flexibility index (Phi) is 7.33. The Morgan fingerprint density at radius 2 is 1.89 bits per heavy atom. The van der Waals surface area contributed by atoms with Gasteiger partial charge >= 0.3 is 0 Å². The Morgan fingerprint density at radius 1 is 1.14 bits per heavy atom. The van der Waals surface area contributed by atoms with Gasteiger partial charge in [-0.1, -0.05) is 30.3 Å². The first kappa shape index (κ1) is 20.2. The monoisotopic (exact) mass is 383 g/mol. The van der Waals surface area contributed by atoms with Crippen LogP contribution in [0.1, 0.15) is 28.2 Å². The van der Waals surface area contributed by atoms with E-state index < -0.39 is 0 Å². The predicted molar refractivity (Wildman–Crippen MR) is 109 cm³/mol. The summed E-state index contributed by atoms with van der Waals surface area (Å²) in [7, 11) is 1.68. The van der Waals surface area contributed by atoms with Crippen molar-refractivity contribution in [2.24, 2.45) is 0 Å². The molecule has 0 atom stereocenters. The Balaban J connectivity index is 1.55. The minimum Gasteiger partial charge on any atom is -0.385 e. The molecule has 0 radical (unpaired) electrons. The average Bonchev–Trinajstić information content (AvgIpc) is 2.72. The maximum Gasteiger partial charge on any atom is 0.272 e. The molecule has 150 valence electrons. The van der Waals surface area contributed by atoms with Gasteiger partial charge in [0.15, 0.2) is 0 Å². The van der Waals surface area contributed by atoms with Crippen LogP contribution in [0.25, 0.3) is 0 Å². The minimum atomic E-state index is -0.0233. The van der Waals surface area contributed by atoms with Gasteiger partial charge in [0.2, 0.25) is 5.95 Å². The van der Waals surface area contributed by atoms with Crippen molar-refractivity contribution in [1.29, 1.82) is 0 Å². The molecule has 7 nitrogen and oxygen atoms in total. The smallest absolute Gasteiger partial charge is 0.272 e. The third-order valence-electron chi connectivity index (χ3n) is 4.79. The van der Waals surface area contributed by atoms with Gasteiger partial charge in [0.05, 0.1) is 0 Å². The number of carbonyl (C=O) groups is 1. The Bertz CT molecular complexity index is 761. The number of aryl methyl sites for hydroxylation is 1. The van der Waals surface area contributed by atoms with Gasteiger partial charge < -0.3 is 15.0 Å². The number of hydrogen-bond acceptors (Lipinski definition) is 6. The molecule has 0 spiro atoms. The van der Waals surface area contributed by atoms with Crippen molar-refractivity contribution in [3.8, 4) is 0 Å². The van der Waals surface area contributed by atoms with Crippen molar-refractivity contribution >= 4 is 11.9 Å². The second kappa shape index (κ2) is 10.1. The summed E-state index contributed by atoms with van der Waals surface area (Å²) >= 11 is 0. The van der Waals surface area contributed by atoms with E-state index in [0.29, 0.717) is 37.9 Å². The number of methoxy groups -OCH3 is 1. The standard InChI is InChI=1S/C21H29N5O2/c1-17-15-19(24-21(23-17)22-9-6-14-28-2)20(27)26-12-10-25(11-13-26)16-18-7-4-3-5-8-18/h3-5,7-8,15H,6,9-14,16H2,1-2H3,(H,22,23,24). The normalized spacial score (nSPS) is 14.9. The Labute approximate surface area is 166 Å². The van der Waals surface area contributed by atoms with Gasteiger partial charge in [-0.25, -0.2) is 9.97 Å². The van der Waals surface area contributed by atoms with Gasteiger partial charge in [0, 0.05) is 58.7 Å². The molecule has 0 bridgehead atoms. The fourth-order valence-corrected chi connectivity index (χ4v) is 3.29. The summed E-state index contributed by atoms with van der Waals surface area (Å²) in [4.78, 5) is 26.0. The minimum absolute atomic E-state index is 0.0233. The molecule has 0 unspecified atom stereocenters. The summed E-state index contributed by atoms with van der Waals surface area (Å²) in [6, 6.07) is 12.2. The molecule has 1 amide bonds. The molecule has 2 heterocycles. The summed E-state index contributed by atoms with van der Waals surface area (Å²) in [5, 5.41) is 3.17. The highest BCUT2D eigenvalue weighted by Gasteiger charge is 2.23. The van der Waals surface area contributed by atoms with Gasteiger partial charge in [0.25, 0.3) is 5.91 Å². The summed E-state index contributed by atoms with van der Waals surface area (Å²) in [5.41, 5.74) is 2.55. The van der Waals surface area contributed by atoms with E-state index in [9.17, 15) is 4.79 Å². The van der Waals surface area contributed by atoms with Gasteiger partial charge in [0.1, 0.15) is 5.69 Å². The molecule has 1 aliphatic rings. The number of ether oxygens (including phenoxy) is 1. The largest absolute Gasteiger partial charge is 0.385 e. The third-order valence-corrected chi connectivity index (χ3v) is 4.79. The molecule has 1 aromatic carbocycles. The highest BCUT2D eigenvalue weighted by atomic mass is 16.5. The van der Waals surface area contributed by atoms with Gasteiger partial charge in [-0.05, 0) is 25.0 Å². The summed E-state index contributed by atoms with van der Waals surface area (Å²) < 4.78 is 5.05. The Morgan fingerprint density at radius 3 is 2.61 bits per heavy atom. The maximum atomic E-state index is 12.9. The van der Waals surface area contributed by atoms with Crippen molar-refractivity contribution in [3.63, 3.8) is 0 Å². The van der Waals surface area contributed by atoms with Gasteiger partial charge in [-0.2, -0.15) is 0 Å². The number of aromatic nitrogens is 2. The molecule has 1 N–H and O–H groups in total. The molecule has 0 aliphatic carbocycles. The highest BCUT2D eigenvalue weighted by molar-refractivity contribution is 5.92. The van der Waals surface area contributed by atoms with Crippen LogP contribution in [0.5, 0.6) is 0 Å². The van der Waals surface area contributed by atoms with Crippen LogP contribution in [0.4, 0.5) is 5.95 Å². The van der Waals surface area contributed by atoms with E-state index in [2.05, 4.69) is 44.5 Å². The van der Waals surface area contributed by atoms with E-state index in [0.717, 1.165) is 31.7 Å². The lowest BCUT2D eigenvalue weighted by atomic mass is 10.2.